The van der Waals surface area contributed by atoms with E-state index < -0.39 is 0 Å². The number of methoxy groups -OCH3 is 1. The Bertz CT molecular complexity index is 403. The van der Waals surface area contributed by atoms with Gasteiger partial charge in [0, 0.05) is 13.1 Å². The van der Waals surface area contributed by atoms with E-state index in [4.69, 9.17) is 4.74 Å². The fourth-order valence-electron chi connectivity index (χ4n) is 2.72. The zero-order valence-corrected chi connectivity index (χ0v) is 11.9. The fourth-order valence-corrected chi connectivity index (χ4v) is 2.72. The second-order valence-corrected chi connectivity index (χ2v) is 5.40. The van der Waals surface area contributed by atoms with Crippen LogP contribution in [0.5, 0.6) is 11.5 Å². The van der Waals surface area contributed by atoms with Crippen LogP contribution >= 0.6 is 0 Å². The number of hydrogen-bond acceptors (Lipinski definition) is 4. The van der Waals surface area contributed by atoms with Gasteiger partial charge in [0.25, 0.3) is 0 Å². The Hall–Kier alpha value is -1.26. The molecule has 1 aliphatic heterocycles. The molecule has 1 fully saturated rings. The van der Waals surface area contributed by atoms with Gasteiger partial charge in [-0.25, -0.2) is 0 Å². The highest BCUT2D eigenvalue weighted by Gasteiger charge is 2.15. The molecule has 0 radical (unpaired) electrons. The SMILES string of the molecule is COc1ccc(CN(C)CC2CCNCC2)cc1O. The van der Waals surface area contributed by atoms with Crippen LogP contribution in [0.15, 0.2) is 18.2 Å². The smallest absolute Gasteiger partial charge is 0.160 e. The number of benzene rings is 1. The summed E-state index contributed by atoms with van der Waals surface area (Å²) in [5.74, 6) is 1.54. The minimum atomic E-state index is 0.218. The average Bonchev–Trinajstić information content (AvgIpc) is 2.40. The van der Waals surface area contributed by atoms with E-state index in [1.54, 1.807) is 13.2 Å². The summed E-state index contributed by atoms with van der Waals surface area (Å²) in [6, 6.07) is 5.62. The maximum absolute atomic E-state index is 9.77. The van der Waals surface area contributed by atoms with Crippen molar-refractivity contribution in [2.45, 2.75) is 19.4 Å². The van der Waals surface area contributed by atoms with Crippen molar-refractivity contribution < 1.29 is 9.84 Å². The Kier molecular flexibility index (Phi) is 5.05. The van der Waals surface area contributed by atoms with Crippen molar-refractivity contribution in [3.05, 3.63) is 23.8 Å². The molecule has 0 aromatic heterocycles. The molecule has 0 atom stereocenters. The molecule has 4 heteroatoms. The number of piperidine rings is 1. The molecule has 4 nitrogen and oxygen atoms in total. The number of phenols is 1. The van der Waals surface area contributed by atoms with Gasteiger partial charge in [0.05, 0.1) is 7.11 Å². The third-order valence-corrected chi connectivity index (χ3v) is 3.72. The van der Waals surface area contributed by atoms with Crippen LogP contribution in [0.3, 0.4) is 0 Å². The first-order valence-electron chi connectivity index (χ1n) is 6.94. The normalized spacial score (nSPS) is 16.8. The van der Waals surface area contributed by atoms with Crippen LogP contribution in [-0.2, 0) is 6.54 Å². The number of aromatic hydroxyl groups is 1. The van der Waals surface area contributed by atoms with Crippen LogP contribution in [0.1, 0.15) is 18.4 Å². The van der Waals surface area contributed by atoms with Gasteiger partial charge >= 0.3 is 0 Å². The number of nitrogens with zero attached hydrogens (tertiary/aromatic N) is 1. The maximum Gasteiger partial charge on any atom is 0.160 e. The fraction of sp³-hybridized carbons (Fsp3) is 0.600. The average molecular weight is 264 g/mol. The summed E-state index contributed by atoms with van der Waals surface area (Å²) < 4.78 is 5.06. The van der Waals surface area contributed by atoms with Gasteiger partial charge in [-0.1, -0.05) is 6.07 Å². The van der Waals surface area contributed by atoms with Crippen molar-refractivity contribution in [3.8, 4) is 11.5 Å². The minimum absolute atomic E-state index is 0.218. The Labute approximate surface area is 115 Å². The van der Waals surface area contributed by atoms with Gasteiger partial charge in [0.15, 0.2) is 11.5 Å². The lowest BCUT2D eigenvalue weighted by Gasteiger charge is -2.27. The maximum atomic E-state index is 9.77. The van der Waals surface area contributed by atoms with E-state index in [1.807, 2.05) is 12.1 Å². The van der Waals surface area contributed by atoms with Gasteiger partial charge in [0.1, 0.15) is 0 Å². The zero-order chi connectivity index (χ0) is 13.7. The second kappa shape index (κ2) is 6.78. The van der Waals surface area contributed by atoms with Gasteiger partial charge in [-0.3, -0.25) is 0 Å². The van der Waals surface area contributed by atoms with E-state index in [-0.39, 0.29) is 5.75 Å². The lowest BCUT2D eigenvalue weighted by molar-refractivity contribution is 0.234. The molecule has 0 spiro atoms. The van der Waals surface area contributed by atoms with Gasteiger partial charge in [-0.05, 0) is 56.6 Å². The standard InChI is InChI=1S/C15H24N2O2/c1-17(10-12-5-7-16-8-6-12)11-13-3-4-15(19-2)14(18)9-13/h3-4,9,12,16,18H,5-8,10-11H2,1-2H3. The Balaban J connectivity index is 1.87. The lowest BCUT2D eigenvalue weighted by Crippen LogP contribution is -2.34. The summed E-state index contributed by atoms with van der Waals surface area (Å²) in [6.45, 7) is 4.26. The van der Waals surface area contributed by atoms with E-state index in [0.29, 0.717) is 5.75 Å². The molecule has 0 unspecified atom stereocenters. The molecule has 1 aliphatic rings. The minimum Gasteiger partial charge on any atom is -0.504 e. The van der Waals surface area contributed by atoms with Crippen LogP contribution in [0, 0.1) is 5.92 Å². The molecule has 0 bridgehead atoms. The quantitative estimate of drug-likeness (QED) is 0.851. The molecular weight excluding hydrogens is 240 g/mol. The predicted octanol–water partition coefficient (Wildman–Crippen LogP) is 1.83. The second-order valence-electron chi connectivity index (χ2n) is 5.40. The highest BCUT2D eigenvalue weighted by atomic mass is 16.5. The number of rotatable bonds is 5. The third-order valence-electron chi connectivity index (χ3n) is 3.72. The van der Waals surface area contributed by atoms with E-state index in [9.17, 15) is 5.11 Å². The molecule has 0 amide bonds. The van der Waals surface area contributed by atoms with Crippen molar-refractivity contribution in [3.63, 3.8) is 0 Å². The molecule has 19 heavy (non-hydrogen) atoms. The van der Waals surface area contributed by atoms with Crippen molar-refractivity contribution in [1.29, 1.82) is 0 Å². The van der Waals surface area contributed by atoms with Gasteiger partial charge < -0.3 is 20.1 Å². The molecule has 1 heterocycles. The molecule has 2 N–H and O–H groups in total. The largest absolute Gasteiger partial charge is 0.504 e. The summed E-state index contributed by atoms with van der Waals surface area (Å²) in [5.41, 5.74) is 1.12. The highest BCUT2D eigenvalue weighted by molar-refractivity contribution is 5.41. The van der Waals surface area contributed by atoms with E-state index in [0.717, 1.165) is 37.7 Å². The molecule has 1 saturated heterocycles. The highest BCUT2D eigenvalue weighted by Crippen LogP contribution is 2.26. The van der Waals surface area contributed by atoms with Crippen LogP contribution in [0.2, 0.25) is 0 Å². The van der Waals surface area contributed by atoms with Crippen molar-refractivity contribution in [1.82, 2.24) is 10.2 Å². The molecular formula is C15H24N2O2. The van der Waals surface area contributed by atoms with Crippen LogP contribution in [-0.4, -0.2) is 43.8 Å². The number of ether oxygens (including phenoxy) is 1. The Morgan fingerprint density at radius 3 is 2.74 bits per heavy atom. The van der Waals surface area contributed by atoms with Gasteiger partial charge in [-0.2, -0.15) is 0 Å². The molecule has 1 aromatic rings. The Morgan fingerprint density at radius 2 is 2.11 bits per heavy atom. The topological polar surface area (TPSA) is 44.7 Å². The van der Waals surface area contributed by atoms with Gasteiger partial charge in [-0.15, -0.1) is 0 Å². The molecule has 1 aromatic carbocycles. The van der Waals surface area contributed by atoms with E-state index in [1.165, 1.54) is 12.8 Å². The molecule has 106 valence electrons. The summed E-state index contributed by atoms with van der Waals surface area (Å²) in [5, 5.41) is 13.2. The molecule has 0 aliphatic carbocycles. The monoisotopic (exact) mass is 264 g/mol. The number of hydrogen-bond donors (Lipinski definition) is 2. The summed E-state index contributed by atoms with van der Waals surface area (Å²) in [4.78, 5) is 2.33. The molecule has 2 rings (SSSR count). The van der Waals surface area contributed by atoms with Crippen LogP contribution < -0.4 is 10.1 Å². The summed E-state index contributed by atoms with van der Waals surface area (Å²) in [6.07, 6.45) is 2.52. The van der Waals surface area contributed by atoms with Crippen LogP contribution in [0.4, 0.5) is 0 Å². The van der Waals surface area contributed by atoms with Crippen molar-refractivity contribution >= 4 is 0 Å². The summed E-state index contributed by atoms with van der Waals surface area (Å²) in [7, 11) is 3.71. The Morgan fingerprint density at radius 1 is 1.37 bits per heavy atom. The first kappa shape index (κ1) is 14.2. The van der Waals surface area contributed by atoms with Crippen molar-refractivity contribution in [2.24, 2.45) is 5.92 Å². The molecule has 0 saturated carbocycles. The first-order chi connectivity index (χ1) is 9.19. The summed E-state index contributed by atoms with van der Waals surface area (Å²) >= 11 is 0. The number of nitrogens with one attached hydrogen (secondary N) is 1. The zero-order valence-electron chi connectivity index (χ0n) is 11.9. The first-order valence-corrected chi connectivity index (χ1v) is 6.94. The van der Waals surface area contributed by atoms with E-state index in [2.05, 4.69) is 17.3 Å². The van der Waals surface area contributed by atoms with Gasteiger partial charge in [0.2, 0.25) is 0 Å². The van der Waals surface area contributed by atoms with Crippen LogP contribution in [0.25, 0.3) is 0 Å². The lowest BCUT2D eigenvalue weighted by atomic mass is 9.97. The van der Waals surface area contributed by atoms with Crippen molar-refractivity contribution in [2.75, 3.05) is 33.8 Å². The van der Waals surface area contributed by atoms with E-state index >= 15 is 0 Å². The number of phenolic OH excluding ortho intramolecular Hbond substituents is 1. The predicted molar refractivity (Wildman–Crippen MR) is 76.6 cm³/mol. The third kappa shape index (κ3) is 4.11.